The molecule has 0 aliphatic rings. The molecule has 2 nitrogen and oxygen atoms in total. The smallest absolute Gasteiger partial charge is 0.0727 e. The summed E-state index contributed by atoms with van der Waals surface area (Å²) in [5.74, 6) is 5.71. The van der Waals surface area contributed by atoms with Crippen molar-refractivity contribution in [2.75, 3.05) is 0 Å². The van der Waals surface area contributed by atoms with E-state index in [1.165, 1.54) is 11.1 Å². The van der Waals surface area contributed by atoms with Gasteiger partial charge in [0.15, 0.2) is 0 Å². The first kappa shape index (κ1) is 14.4. The average molecular weight is 295 g/mol. The van der Waals surface area contributed by atoms with E-state index in [9.17, 15) is 0 Å². The molecule has 2 aromatic carbocycles. The van der Waals surface area contributed by atoms with Gasteiger partial charge in [0.05, 0.1) is 6.04 Å². The summed E-state index contributed by atoms with van der Waals surface area (Å²) in [5.41, 5.74) is 7.18. The first-order valence-corrected chi connectivity index (χ1v) is 6.76. The second kappa shape index (κ2) is 5.93. The Labute approximate surface area is 123 Å². The third-order valence-corrected chi connectivity index (χ3v) is 3.75. The Morgan fingerprint density at radius 1 is 1.00 bits per heavy atom. The summed E-state index contributed by atoms with van der Waals surface area (Å²) in [6.45, 7) is 4.12. The summed E-state index contributed by atoms with van der Waals surface area (Å²) in [4.78, 5) is 0. The lowest BCUT2D eigenvalue weighted by molar-refractivity contribution is 0.634. The number of nitrogens with one attached hydrogen (secondary N) is 1. The highest BCUT2D eigenvalue weighted by molar-refractivity contribution is 6.33. The molecule has 4 heteroatoms. The number of hydrogen-bond donors (Lipinski definition) is 2. The van der Waals surface area contributed by atoms with Gasteiger partial charge < -0.3 is 0 Å². The summed E-state index contributed by atoms with van der Waals surface area (Å²) in [6.07, 6.45) is 0. The van der Waals surface area contributed by atoms with Crippen LogP contribution in [-0.2, 0) is 0 Å². The number of aryl methyl sites for hydroxylation is 2. The van der Waals surface area contributed by atoms with Crippen LogP contribution >= 0.6 is 23.2 Å². The Hall–Kier alpha value is -1.06. The minimum Gasteiger partial charge on any atom is -0.271 e. The van der Waals surface area contributed by atoms with Crippen LogP contribution in [0, 0.1) is 13.8 Å². The first-order chi connectivity index (χ1) is 9.02. The largest absolute Gasteiger partial charge is 0.271 e. The van der Waals surface area contributed by atoms with Crippen molar-refractivity contribution in [3.63, 3.8) is 0 Å². The molecule has 0 saturated carbocycles. The van der Waals surface area contributed by atoms with Crippen LogP contribution in [0.4, 0.5) is 0 Å². The normalized spacial score (nSPS) is 12.5. The van der Waals surface area contributed by atoms with E-state index in [1.54, 1.807) is 12.1 Å². The van der Waals surface area contributed by atoms with E-state index >= 15 is 0 Å². The van der Waals surface area contributed by atoms with Crippen molar-refractivity contribution in [3.05, 3.63) is 68.7 Å². The Kier molecular flexibility index (Phi) is 4.48. The summed E-state index contributed by atoms with van der Waals surface area (Å²) in [7, 11) is 0. The Balaban J connectivity index is 2.52. The molecular formula is C15H16Cl2N2. The highest BCUT2D eigenvalue weighted by Crippen LogP contribution is 2.31. The zero-order chi connectivity index (χ0) is 14.0. The van der Waals surface area contributed by atoms with Crippen LogP contribution in [0.1, 0.15) is 28.3 Å². The fourth-order valence-corrected chi connectivity index (χ4v) is 2.64. The van der Waals surface area contributed by atoms with Gasteiger partial charge in [0.1, 0.15) is 0 Å². The molecule has 1 atom stereocenters. The van der Waals surface area contributed by atoms with Crippen molar-refractivity contribution >= 4 is 23.2 Å². The zero-order valence-corrected chi connectivity index (χ0v) is 12.4. The van der Waals surface area contributed by atoms with E-state index in [1.807, 2.05) is 6.07 Å². The second-order valence-electron chi connectivity index (χ2n) is 4.63. The maximum absolute atomic E-state index is 6.25. The first-order valence-electron chi connectivity index (χ1n) is 6.01. The third kappa shape index (κ3) is 3.10. The SMILES string of the molecule is Cc1ccc(C(NN)c2cc(Cl)ccc2Cl)c(C)c1. The molecule has 0 bridgehead atoms. The number of hydrogen-bond acceptors (Lipinski definition) is 2. The lowest BCUT2D eigenvalue weighted by atomic mass is 9.94. The highest BCUT2D eigenvalue weighted by atomic mass is 35.5. The molecular weight excluding hydrogens is 279 g/mol. The molecule has 2 rings (SSSR count). The quantitative estimate of drug-likeness (QED) is 0.659. The van der Waals surface area contributed by atoms with E-state index < -0.39 is 0 Å². The number of rotatable bonds is 3. The van der Waals surface area contributed by atoms with Crippen LogP contribution in [0.15, 0.2) is 36.4 Å². The van der Waals surface area contributed by atoms with Gasteiger partial charge in [0.2, 0.25) is 0 Å². The molecule has 0 aliphatic heterocycles. The fourth-order valence-electron chi connectivity index (χ4n) is 2.23. The second-order valence-corrected chi connectivity index (χ2v) is 5.47. The predicted molar refractivity (Wildman–Crippen MR) is 81.5 cm³/mol. The van der Waals surface area contributed by atoms with Crippen molar-refractivity contribution in [2.45, 2.75) is 19.9 Å². The predicted octanol–water partition coefficient (Wildman–Crippen LogP) is 4.16. The fraction of sp³-hybridized carbons (Fsp3) is 0.200. The number of nitrogens with two attached hydrogens (primary N) is 1. The molecule has 1 unspecified atom stereocenters. The molecule has 0 aromatic heterocycles. The average Bonchev–Trinajstić information content (AvgIpc) is 2.36. The van der Waals surface area contributed by atoms with Gasteiger partial charge in [0.25, 0.3) is 0 Å². The molecule has 0 saturated heterocycles. The van der Waals surface area contributed by atoms with Crippen molar-refractivity contribution < 1.29 is 0 Å². The highest BCUT2D eigenvalue weighted by Gasteiger charge is 2.17. The van der Waals surface area contributed by atoms with Crippen LogP contribution in [0.25, 0.3) is 0 Å². The lowest BCUT2D eigenvalue weighted by Gasteiger charge is -2.21. The van der Waals surface area contributed by atoms with Gasteiger partial charge >= 0.3 is 0 Å². The summed E-state index contributed by atoms with van der Waals surface area (Å²) >= 11 is 12.3. The summed E-state index contributed by atoms with van der Waals surface area (Å²) < 4.78 is 0. The molecule has 100 valence electrons. The van der Waals surface area contributed by atoms with Gasteiger partial charge in [-0.1, -0.05) is 47.0 Å². The maximum Gasteiger partial charge on any atom is 0.0727 e. The standard InChI is InChI=1S/C15H16Cl2N2/c1-9-3-5-12(10(2)7-9)15(19-18)13-8-11(16)4-6-14(13)17/h3-8,15,19H,18H2,1-2H3. The molecule has 3 N–H and O–H groups in total. The monoisotopic (exact) mass is 294 g/mol. The van der Waals surface area contributed by atoms with Crippen molar-refractivity contribution in [1.29, 1.82) is 0 Å². The maximum atomic E-state index is 6.25. The van der Waals surface area contributed by atoms with Crippen molar-refractivity contribution in [3.8, 4) is 0 Å². The number of hydrazine groups is 1. The van der Waals surface area contributed by atoms with Crippen LogP contribution in [-0.4, -0.2) is 0 Å². The van der Waals surface area contributed by atoms with Gasteiger partial charge in [-0.2, -0.15) is 0 Å². The van der Waals surface area contributed by atoms with Gasteiger partial charge in [-0.15, -0.1) is 0 Å². The van der Waals surface area contributed by atoms with Crippen molar-refractivity contribution in [1.82, 2.24) is 5.43 Å². The molecule has 0 spiro atoms. The molecule has 0 radical (unpaired) electrons. The van der Waals surface area contributed by atoms with E-state index in [-0.39, 0.29) is 6.04 Å². The minimum absolute atomic E-state index is 0.174. The van der Waals surface area contributed by atoms with Gasteiger partial charge in [0, 0.05) is 10.0 Å². The van der Waals surface area contributed by atoms with Gasteiger partial charge in [-0.25, -0.2) is 5.43 Å². The van der Waals surface area contributed by atoms with E-state index in [0.717, 1.165) is 11.1 Å². The van der Waals surface area contributed by atoms with Crippen LogP contribution in [0.3, 0.4) is 0 Å². The zero-order valence-electron chi connectivity index (χ0n) is 10.9. The summed E-state index contributed by atoms with van der Waals surface area (Å²) in [6, 6.07) is 11.5. The Morgan fingerprint density at radius 3 is 2.37 bits per heavy atom. The van der Waals surface area contributed by atoms with Crippen molar-refractivity contribution in [2.24, 2.45) is 5.84 Å². The van der Waals surface area contributed by atoms with E-state index in [0.29, 0.717) is 10.0 Å². The lowest BCUT2D eigenvalue weighted by Crippen LogP contribution is -2.29. The molecule has 0 aliphatic carbocycles. The molecule has 0 amide bonds. The molecule has 19 heavy (non-hydrogen) atoms. The van der Waals surface area contributed by atoms with E-state index in [4.69, 9.17) is 29.0 Å². The topological polar surface area (TPSA) is 38.0 Å². The van der Waals surface area contributed by atoms with Crippen LogP contribution < -0.4 is 11.3 Å². The van der Waals surface area contributed by atoms with Gasteiger partial charge in [-0.05, 0) is 48.7 Å². The summed E-state index contributed by atoms with van der Waals surface area (Å²) in [5, 5.41) is 1.29. The number of benzene rings is 2. The third-order valence-electron chi connectivity index (χ3n) is 3.17. The Morgan fingerprint density at radius 2 is 1.74 bits per heavy atom. The van der Waals surface area contributed by atoms with Crippen LogP contribution in [0.5, 0.6) is 0 Å². The minimum atomic E-state index is -0.174. The Bertz CT molecular complexity index is 597. The molecule has 2 aromatic rings. The molecule has 0 fully saturated rings. The van der Waals surface area contributed by atoms with Crippen LogP contribution in [0.2, 0.25) is 10.0 Å². The van der Waals surface area contributed by atoms with E-state index in [2.05, 4.69) is 37.5 Å². The number of halogens is 2. The van der Waals surface area contributed by atoms with Gasteiger partial charge in [-0.3, -0.25) is 5.84 Å². The molecule has 0 heterocycles.